The van der Waals surface area contributed by atoms with Crippen molar-refractivity contribution in [2.75, 3.05) is 10.6 Å². The fourth-order valence-corrected chi connectivity index (χ4v) is 3.53. The maximum absolute atomic E-state index is 13.4. The first-order valence-corrected chi connectivity index (χ1v) is 9.30. The number of nitrogens with one attached hydrogen (secondary N) is 1. The van der Waals surface area contributed by atoms with Gasteiger partial charge in [-0.15, -0.1) is 0 Å². The highest BCUT2D eigenvalue weighted by molar-refractivity contribution is 7.92. The standard InChI is InChI=1S/C17H18F2N2O3S/c1-12(17(22)20-11-13-6-8-14(18)9-7-13)21(25(2,23)24)16-5-3-4-15(19)10-16/h3-10,12H,11H2,1-2H3,(H,20,22)/t12-/m1/s1. The minimum atomic E-state index is -3.81. The Balaban J connectivity index is 2.17. The van der Waals surface area contributed by atoms with Gasteiger partial charge in [-0.25, -0.2) is 17.2 Å². The van der Waals surface area contributed by atoms with E-state index in [-0.39, 0.29) is 12.2 Å². The van der Waals surface area contributed by atoms with Crippen molar-refractivity contribution in [1.29, 1.82) is 0 Å². The second-order valence-corrected chi connectivity index (χ2v) is 7.42. The summed E-state index contributed by atoms with van der Waals surface area (Å²) in [5.41, 5.74) is 0.727. The van der Waals surface area contributed by atoms with Gasteiger partial charge in [0.1, 0.15) is 17.7 Å². The summed E-state index contributed by atoms with van der Waals surface area (Å²) >= 11 is 0. The first-order valence-electron chi connectivity index (χ1n) is 7.45. The lowest BCUT2D eigenvalue weighted by Crippen LogP contribution is -2.47. The first kappa shape index (κ1) is 18.9. The molecule has 0 unspecified atom stereocenters. The molecule has 2 aromatic carbocycles. The number of rotatable bonds is 6. The van der Waals surface area contributed by atoms with E-state index in [0.717, 1.165) is 16.6 Å². The predicted molar refractivity (Wildman–Crippen MR) is 91.4 cm³/mol. The van der Waals surface area contributed by atoms with Crippen LogP contribution in [-0.4, -0.2) is 26.6 Å². The molecule has 1 amide bonds. The van der Waals surface area contributed by atoms with Gasteiger partial charge >= 0.3 is 0 Å². The van der Waals surface area contributed by atoms with Gasteiger partial charge in [-0.1, -0.05) is 18.2 Å². The van der Waals surface area contributed by atoms with Crippen LogP contribution in [0, 0.1) is 11.6 Å². The highest BCUT2D eigenvalue weighted by atomic mass is 32.2. The normalized spacial score (nSPS) is 12.5. The van der Waals surface area contributed by atoms with Crippen LogP contribution in [0.15, 0.2) is 48.5 Å². The number of carbonyl (C=O) groups excluding carboxylic acids is 1. The molecule has 8 heteroatoms. The summed E-state index contributed by atoms with van der Waals surface area (Å²) < 4.78 is 51.3. The predicted octanol–water partition coefficient (Wildman–Crippen LogP) is 2.44. The van der Waals surface area contributed by atoms with Crippen LogP contribution in [0.25, 0.3) is 0 Å². The molecule has 2 rings (SSSR count). The smallest absolute Gasteiger partial charge is 0.243 e. The summed E-state index contributed by atoms with van der Waals surface area (Å²) in [7, 11) is -3.81. The third kappa shape index (κ3) is 4.99. The molecule has 1 atom stereocenters. The van der Waals surface area contributed by atoms with E-state index >= 15 is 0 Å². The Kier molecular flexibility index (Phi) is 5.73. The van der Waals surface area contributed by atoms with Crippen molar-refractivity contribution in [3.8, 4) is 0 Å². The Hall–Kier alpha value is -2.48. The van der Waals surface area contributed by atoms with E-state index in [4.69, 9.17) is 0 Å². The number of halogens is 2. The van der Waals surface area contributed by atoms with E-state index in [9.17, 15) is 22.0 Å². The number of anilines is 1. The summed E-state index contributed by atoms with van der Waals surface area (Å²) in [5.74, 6) is -1.55. The van der Waals surface area contributed by atoms with Gasteiger partial charge in [0.05, 0.1) is 11.9 Å². The summed E-state index contributed by atoms with van der Waals surface area (Å²) in [5, 5.41) is 2.59. The lowest BCUT2D eigenvalue weighted by atomic mass is 10.2. The Bertz CT molecular complexity index is 854. The van der Waals surface area contributed by atoms with Crippen LogP contribution >= 0.6 is 0 Å². The van der Waals surface area contributed by atoms with Crippen LogP contribution in [0.3, 0.4) is 0 Å². The van der Waals surface area contributed by atoms with Crippen molar-refractivity contribution >= 4 is 21.6 Å². The van der Waals surface area contributed by atoms with Crippen LogP contribution < -0.4 is 9.62 Å². The van der Waals surface area contributed by atoms with Crippen LogP contribution in [0.2, 0.25) is 0 Å². The molecule has 0 aliphatic rings. The zero-order valence-electron chi connectivity index (χ0n) is 13.7. The Morgan fingerprint density at radius 3 is 2.32 bits per heavy atom. The first-order chi connectivity index (χ1) is 11.7. The molecular formula is C17H18F2N2O3S. The average molecular weight is 368 g/mol. The molecule has 2 aromatic rings. The average Bonchev–Trinajstić information content (AvgIpc) is 2.53. The van der Waals surface area contributed by atoms with Crippen LogP contribution in [0.5, 0.6) is 0 Å². The second-order valence-electron chi connectivity index (χ2n) is 5.56. The zero-order chi connectivity index (χ0) is 18.6. The number of carbonyl (C=O) groups is 1. The molecule has 0 aromatic heterocycles. The molecule has 0 bridgehead atoms. The summed E-state index contributed by atoms with van der Waals surface area (Å²) in [4.78, 5) is 12.3. The lowest BCUT2D eigenvalue weighted by Gasteiger charge is -2.28. The van der Waals surface area contributed by atoms with Crippen molar-refractivity contribution in [3.05, 3.63) is 65.7 Å². The third-order valence-corrected chi connectivity index (χ3v) is 4.77. The van der Waals surface area contributed by atoms with E-state index in [1.54, 1.807) is 0 Å². The highest BCUT2D eigenvalue weighted by Crippen LogP contribution is 2.21. The number of amides is 1. The minimum absolute atomic E-state index is 0.0620. The largest absolute Gasteiger partial charge is 0.350 e. The Morgan fingerprint density at radius 2 is 1.76 bits per heavy atom. The van der Waals surface area contributed by atoms with E-state index in [1.165, 1.54) is 49.4 Å². The number of sulfonamides is 1. The number of benzene rings is 2. The van der Waals surface area contributed by atoms with Gasteiger partial charge in [0.25, 0.3) is 0 Å². The molecule has 0 saturated carbocycles. The van der Waals surface area contributed by atoms with Gasteiger partial charge < -0.3 is 5.32 Å². The SMILES string of the molecule is C[C@H](C(=O)NCc1ccc(F)cc1)N(c1cccc(F)c1)S(C)(=O)=O. The van der Waals surface area contributed by atoms with Crippen molar-refractivity contribution in [2.24, 2.45) is 0 Å². The van der Waals surface area contributed by atoms with Gasteiger partial charge in [0.15, 0.2) is 0 Å². The monoisotopic (exact) mass is 368 g/mol. The van der Waals surface area contributed by atoms with Crippen molar-refractivity contribution in [1.82, 2.24) is 5.32 Å². The van der Waals surface area contributed by atoms with E-state index < -0.39 is 33.6 Å². The maximum Gasteiger partial charge on any atom is 0.243 e. The molecule has 0 saturated heterocycles. The number of hydrogen-bond donors (Lipinski definition) is 1. The molecule has 0 aliphatic heterocycles. The van der Waals surface area contributed by atoms with Gasteiger partial charge in [0.2, 0.25) is 15.9 Å². The number of nitrogens with zero attached hydrogens (tertiary/aromatic N) is 1. The van der Waals surface area contributed by atoms with Crippen molar-refractivity contribution in [2.45, 2.75) is 19.5 Å². The van der Waals surface area contributed by atoms with Crippen molar-refractivity contribution in [3.63, 3.8) is 0 Å². The Labute approximate surface area is 145 Å². The lowest BCUT2D eigenvalue weighted by molar-refractivity contribution is -0.122. The van der Waals surface area contributed by atoms with Crippen LogP contribution in [0.1, 0.15) is 12.5 Å². The molecule has 1 N–H and O–H groups in total. The quantitative estimate of drug-likeness (QED) is 0.852. The fraction of sp³-hybridized carbons (Fsp3) is 0.235. The van der Waals surface area contributed by atoms with Crippen LogP contribution in [-0.2, 0) is 21.4 Å². The molecule has 25 heavy (non-hydrogen) atoms. The fourth-order valence-electron chi connectivity index (χ4n) is 2.36. The molecule has 5 nitrogen and oxygen atoms in total. The van der Waals surface area contributed by atoms with E-state index in [1.807, 2.05) is 0 Å². The molecular weight excluding hydrogens is 350 g/mol. The maximum atomic E-state index is 13.4. The second kappa shape index (κ2) is 7.60. The Morgan fingerprint density at radius 1 is 1.12 bits per heavy atom. The third-order valence-electron chi connectivity index (χ3n) is 3.53. The summed E-state index contributed by atoms with van der Waals surface area (Å²) in [6, 6.07) is 9.48. The molecule has 0 spiro atoms. The van der Waals surface area contributed by atoms with Crippen LogP contribution in [0.4, 0.5) is 14.5 Å². The molecule has 134 valence electrons. The van der Waals surface area contributed by atoms with Gasteiger partial charge in [-0.2, -0.15) is 0 Å². The van der Waals surface area contributed by atoms with E-state index in [2.05, 4.69) is 5.32 Å². The highest BCUT2D eigenvalue weighted by Gasteiger charge is 2.29. The number of hydrogen-bond acceptors (Lipinski definition) is 3. The van der Waals surface area contributed by atoms with Crippen molar-refractivity contribution < 1.29 is 22.0 Å². The molecule has 0 heterocycles. The molecule has 0 radical (unpaired) electrons. The topological polar surface area (TPSA) is 66.5 Å². The minimum Gasteiger partial charge on any atom is -0.350 e. The zero-order valence-corrected chi connectivity index (χ0v) is 14.6. The molecule has 0 aliphatic carbocycles. The van der Waals surface area contributed by atoms with Gasteiger partial charge in [-0.05, 0) is 42.8 Å². The molecule has 0 fully saturated rings. The van der Waals surface area contributed by atoms with Gasteiger partial charge in [-0.3, -0.25) is 9.10 Å². The van der Waals surface area contributed by atoms with Gasteiger partial charge in [0, 0.05) is 6.54 Å². The summed E-state index contributed by atoms with van der Waals surface area (Å²) in [6.45, 7) is 1.52. The van der Waals surface area contributed by atoms with E-state index in [0.29, 0.717) is 5.56 Å². The summed E-state index contributed by atoms with van der Waals surface area (Å²) in [6.07, 6.45) is 0.946.